The van der Waals surface area contributed by atoms with Crippen LogP contribution in [0.25, 0.3) is 20.4 Å². The molecule has 1 N–H and O–H groups in total. The molecule has 0 unspecified atom stereocenters. The fourth-order valence-electron chi connectivity index (χ4n) is 3.53. The zero-order valence-corrected chi connectivity index (χ0v) is 19.3. The topological polar surface area (TPSA) is 77.0 Å². The van der Waals surface area contributed by atoms with E-state index in [0.717, 1.165) is 43.1 Å². The molecule has 0 fully saturated rings. The number of fused-ring (bicyclic) bond motifs is 4. The Hall–Kier alpha value is -2.26. The van der Waals surface area contributed by atoms with Gasteiger partial charge in [-0.3, -0.25) is 4.79 Å². The molecule has 4 aromatic rings. The quantitative estimate of drug-likeness (QED) is 0.314. The van der Waals surface area contributed by atoms with Crippen LogP contribution in [-0.2, 0) is 22.6 Å². The SMILES string of the molecule is CC1(C)Cc2nc3sc4c(SCC(=O)Nc5ccc(Cl)cc5)ncnc4c3cc2CO1. The van der Waals surface area contributed by atoms with Gasteiger partial charge in [-0.2, -0.15) is 0 Å². The number of ether oxygens (including phenoxy) is 1. The molecule has 9 heteroatoms. The molecule has 0 spiro atoms. The Labute approximate surface area is 192 Å². The number of pyridine rings is 1. The van der Waals surface area contributed by atoms with E-state index in [2.05, 4.69) is 35.2 Å². The second kappa shape index (κ2) is 8.02. The number of amides is 1. The van der Waals surface area contributed by atoms with Gasteiger partial charge in [-0.15, -0.1) is 11.3 Å². The van der Waals surface area contributed by atoms with Crippen LogP contribution in [-0.4, -0.2) is 32.2 Å². The maximum Gasteiger partial charge on any atom is 0.234 e. The van der Waals surface area contributed by atoms with Crippen molar-refractivity contribution in [1.29, 1.82) is 0 Å². The van der Waals surface area contributed by atoms with Crippen LogP contribution >= 0.6 is 34.7 Å². The molecule has 0 atom stereocenters. The third kappa shape index (κ3) is 4.25. The summed E-state index contributed by atoms with van der Waals surface area (Å²) in [5, 5.41) is 5.30. The highest BCUT2D eigenvalue weighted by Gasteiger charge is 2.28. The number of anilines is 1. The van der Waals surface area contributed by atoms with E-state index in [1.54, 1.807) is 41.9 Å². The Morgan fingerprint density at radius 3 is 2.90 bits per heavy atom. The lowest BCUT2D eigenvalue weighted by atomic mass is 9.95. The summed E-state index contributed by atoms with van der Waals surface area (Å²) in [6, 6.07) is 9.18. The summed E-state index contributed by atoms with van der Waals surface area (Å²) in [6.45, 7) is 4.73. The molecule has 31 heavy (non-hydrogen) atoms. The summed E-state index contributed by atoms with van der Waals surface area (Å²) in [6.07, 6.45) is 2.33. The summed E-state index contributed by atoms with van der Waals surface area (Å²) in [5.74, 6) is 0.141. The van der Waals surface area contributed by atoms with Crippen LogP contribution < -0.4 is 5.32 Å². The van der Waals surface area contributed by atoms with Gasteiger partial charge in [-0.05, 0) is 44.2 Å². The standard InChI is InChI=1S/C22H19ClN4O2S2/c1-22(2)8-16-12(9-29-22)7-15-18-19(31-20(15)27-16)21(25-11-24-18)30-10-17(28)26-14-5-3-13(23)4-6-14/h3-7,11H,8-10H2,1-2H3,(H,26,28). The highest BCUT2D eigenvalue weighted by atomic mass is 35.5. The number of thiophene rings is 1. The lowest BCUT2D eigenvalue weighted by Crippen LogP contribution is -2.32. The van der Waals surface area contributed by atoms with Gasteiger partial charge in [0, 0.05) is 28.1 Å². The summed E-state index contributed by atoms with van der Waals surface area (Å²) < 4.78 is 6.90. The molecule has 0 saturated carbocycles. The van der Waals surface area contributed by atoms with E-state index in [1.807, 2.05) is 0 Å². The van der Waals surface area contributed by atoms with Gasteiger partial charge in [0.05, 0.1) is 33.9 Å². The van der Waals surface area contributed by atoms with Crippen molar-refractivity contribution in [1.82, 2.24) is 15.0 Å². The van der Waals surface area contributed by atoms with Crippen LogP contribution in [0.4, 0.5) is 5.69 Å². The first-order valence-electron chi connectivity index (χ1n) is 9.76. The van der Waals surface area contributed by atoms with Gasteiger partial charge in [0.2, 0.25) is 5.91 Å². The van der Waals surface area contributed by atoms with Crippen molar-refractivity contribution in [3.63, 3.8) is 0 Å². The average molecular weight is 471 g/mol. The second-order valence-electron chi connectivity index (χ2n) is 7.97. The van der Waals surface area contributed by atoms with Crippen molar-refractivity contribution in [3.8, 4) is 0 Å². The number of carbonyl (C=O) groups excluding carboxylic acids is 1. The van der Waals surface area contributed by atoms with Crippen molar-refractivity contribution in [2.75, 3.05) is 11.1 Å². The molecule has 1 aromatic carbocycles. The molecule has 3 aromatic heterocycles. The summed E-state index contributed by atoms with van der Waals surface area (Å²) >= 11 is 8.86. The number of hydrogen-bond acceptors (Lipinski definition) is 7. The number of aromatic nitrogens is 3. The van der Waals surface area contributed by atoms with E-state index in [0.29, 0.717) is 17.3 Å². The molecular weight excluding hydrogens is 452 g/mol. The first-order chi connectivity index (χ1) is 14.9. The van der Waals surface area contributed by atoms with Crippen molar-refractivity contribution >= 4 is 66.7 Å². The lowest BCUT2D eigenvalue weighted by Gasteiger charge is -2.30. The van der Waals surface area contributed by atoms with Crippen LogP contribution in [0.5, 0.6) is 0 Å². The highest BCUT2D eigenvalue weighted by Crippen LogP contribution is 2.38. The monoisotopic (exact) mass is 470 g/mol. The number of nitrogens with zero attached hydrogens (tertiary/aromatic N) is 3. The van der Waals surface area contributed by atoms with Crippen LogP contribution in [0.3, 0.4) is 0 Å². The number of benzene rings is 1. The Morgan fingerprint density at radius 2 is 2.10 bits per heavy atom. The molecule has 158 valence electrons. The van der Waals surface area contributed by atoms with Crippen LogP contribution in [0, 0.1) is 0 Å². The number of carbonyl (C=O) groups is 1. The number of thioether (sulfide) groups is 1. The minimum absolute atomic E-state index is 0.104. The minimum atomic E-state index is -0.206. The number of halogens is 1. The Balaban J connectivity index is 1.40. The van der Waals surface area contributed by atoms with Gasteiger partial charge in [0.25, 0.3) is 0 Å². The second-order valence-corrected chi connectivity index (χ2v) is 10.4. The highest BCUT2D eigenvalue weighted by molar-refractivity contribution is 8.00. The normalized spacial score (nSPS) is 15.2. The molecule has 0 saturated heterocycles. The first-order valence-corrected chi connectivity index (χ1v) is 11.9. The van der Waals surface area contributed by atoms with Gasteiger partial charge in [-0.25, -0.2) is 15.0 Å². The first kappa shape index (κ1) is 20.6. The van der Waals surface area contributed by atoms with E-state index in [4.69, 9.17) is 21.3 Å². The zero-order chi connectivity index (χ0) is 21.6. The number of nitrogens with one attached hydrogen (secondary N) is 1. The van der Waals surface area contributed by atoms with Gasteiger partial charge < -0.3 is 10.1 Å². The summed E-state index contributed by atoms with van der Waals surface area (Å²) in [5.41, 5.74) is 3.57. The lowest BCUT2D eigenvalue weighted by molar-refractivity contribution is -0.113. The fraction of sp³-hybridized carbons (Fsp3) is 0.273. The number of hydrogen-bond donors (Lipinski definition) is 1. The largest absolute Gasteiger partial charge is 0.370 e. The van der Waals surface area contributed by atoms with Gasteiger partial charge >= 0.3 is 0 Å². The predicted molar refractivity (Wildman–Crippen MR) is 126 cm³/mol. The molecule has 0 radical (unpaired) electrons. The average Bonchev–Trinajstić information content (AvgIpc) is 3.09. The van der Waals surface area contributed by atoms with Gasteiger partial charge in [0.15, 0.2) is 0 Å². The summed E-state index contributed by atoms with van der Waals surface area (Å²) in [4.78, 5) is 27.2. The Kier molecular flexibility index (Phi) is 5.34. The molecular formula is C22H19ClN4O2S2. The molecule has 1 aliphatic heterocycles. The van der Waals surface area contributed by atoms with E-state index >= 15 is 0 Å². The third-order valence-electron chi connectivity index (χ3n) is 5.06. The van der Waals surface area contributed by atoms with Crippen LogP contribution in [0.2, 0.25) is 5.02 Å². The van der Waals surface area contributed by atoms with Crippen molar-refractivity contribution in [2.24, 2.45) is 0 Å². The van der Waals surface area contributed by atoms with E-state index in [-0.39, 0.29) is 17.3 Å². The Morgan fingerprint density at radius 1 is 1.29 bits per heavy atom. The van der Waals surface area contributed by atoms with E-state index in [9.17, 15) is 4.79 Å². The van der Waals surface area contributed by atoms with Crippen LogP contribution in [0.15, 0.2) is 41.7 Å². The molecule has 6 nitrogen and oxygen atoms in total. The molecule has 4 heterocycles. The van der Waals surface area contributed by atoms with E-state index < -0.39 is 0 Å². The van der Waals surface area contributed by atoms with Crippen molar-refractivity contribution in [2.45, 2.75) is 37.5 Å². The Bertz CT molecular complexity index is 1300. The van der Waals surface area contributed by atoms with Crippen LogP contribution in [0.1, 0.15) is 25.1 Å². The van der Waals surface area contributed by atoms with Gasteiger partial charge in [0.1, 0.15) is 16.2 Å². The molecule has 5 rings (SSSR count). The molecule has 1 aliphatic rings. The van der Waals surface area contributed by atoms with Gasteiger partial charge in [-0.1, -0.05) is 23.4 Å². The smallest absolute Gasteiger partial charge is 0.234 e. The fourth-order valence-corrected chi connectivity index (χ4v) is 5.66. The minimum Gasteiger partial charge on any atom is -0.370 e. The maximum absolute atomic E-state index is 12.4. The third-order valence-corrected chi connectivity index (χ3v) is 7.53. The molecule has 0 bridgehead atoms. The van der Waals surface area contributed by atoms with E-state index in [1.165, 1.54) is 11.8 Å². The molecule has 0 aliphatic carbocycles. The predicted octanol–water partition coefficient (Wildman–Crippen LogP) is 5.48. The van der Waals surface area contributed by atoms with Crippen molar-refractivity contribution < 1.29 is 9.53 Å². The zero-order valence-electron chi connectivity index (χ0n) is 16.9. The number of rotatable bonds is 4. The molecule has 1 amide bonds. The van der Waals surface area contributed by atoms with Crippen molar-refractivity contribution in [3.05, 3.63) is 52.9 Å². The maximum atomic E-state index is 12.4. The summed E-state index contributed by atoms with van der Waals surface area (Å²) in [7, 11) is 0.